The van der Waals surface area contributed by atoms with Crippen molar-refractivity contribution in [2.45, 2.75) is 76.0 Å². The molecule has 0 radical (unpaired) electrons. The smallest absolute Gasteiger partial charge is 0.241 e. The zero-order valence-electron chi connectivity index (χ0n) is 16.7. The molecule has 3 N–H and O–H groups in total. The van der Waals surface area contributed by atoms with Crippen LogP contribution in [0.3, 0.4) is 0 Å². The zero-order chi connectivity index (χ0) is 20.9. The molecule has 1 aromatic carbocycles. The van der Waals surface area contributed by atoms with Crippen molar-refractivity contribution in [2.24, 2.45) is 11.8 Å². The molecule has 1 saturated carbocycles. The second-order valence-electron chi connectivity index (χ2n) is 7.98. The summed E-state index contributed by atoms with van der Waals surface area (Å²) in [6, 6.07) is 2.94. The van der Waals surface area contributed by atoms with Crippen LogP contribution in [-0.2, 0) is 14.8 Å². The fourth-order valence-corrected chi connectivity index (χ4v) is 4.97. The largest absolute Gasteiger partial charge is 0.391 e. The first kappa shape index (κ1) is 22.8. The molecule has 0 bridgehead atoms. The van der Waals surface area contributed by atoms with Crippen LogP contribution in [0.2, 0.25) is 0 Å². The van der Waals surface area contributed by atoms with Gasteiger partial charge in [-0.3, -0.25) is 4.79 Å². The van der Waals surface area contributed by atoms with Crippen molar-refractivity contribution >= 4 is 15.9 Å². The third-order valence-electron chi connectivity index (χ3n) is 5.37. The highest BCUT2D eigenvalue weighted by atomic mass is 32.2. The average molecular weight is 415 g/mol. The van der Waals surface area contributed by atoms with Gasteiger partial charge in [-0.15, -0.1) is 0 Å². The first-order valence-corrected chi connectivity index (χ1v) is 11.4. The van der Waals surface area contributed by atoms with Gasteiger partial charge in [-0.1, -0.05) is 33.1 Å². The summed E-state index contributed by atoms with van der Waals surface area (Å²) in [7, 11) is -3.98. The van der Waals surface area contributed by atoms with Crippen molar-refractivity contribution < 1.29 is 22.7 Å². The number of aliphatic hydroxyl groups is 1. The van der Waals surface area contributed by atoms with E-state index in [-0.39, 0.29) is 16.7 Å². The summed E-state index contributed by atoms with van der Waals surface area (Å²) >= 11 is 0. The predicted octanol–water partition coefficient (Wildman–Crippen LogP) is 2.57. The van der Waals surface area contributed by atoms with Crippen LogP contribution in [0.5, 0.6) is 0 Å². The van der Waals surface area contributed by atoms with Crippen LogP contribution >= 0.6 is 0 Å². The van der Waals surface area contributed by atoms with Crippen molar-refractivity contribution in [1.82, 2.24) is 10.0 Å². The first-order valence-electron chi connectivity index (χ1n) is 9.88. The van der Waals surface area contributed by atoms with Crippen LogP contribution in [0.25, 0.3) is 0 Å². The number of sulfonamides is 1. The molecule has 0 saturated heterocycles. The van der Waals surface area contributed by atoms with Crippen molar-refractivity contribution in [3.63, 3.8) is 0 Å². The second-order valence-corrected chi connectivity index (χ2v) is 9.70. The van der Waals surface area contributed by atoms with Gasteiger partial charge in [0.1, 0.15) is 11.9 Å². The van der Waals surface area contributed by atoms with Crippen LogP contribution in [-0.4, -0.2) is 37.6 Å². The maximum atomic E-state index is 13.1. The van der Waals surface area contributed by atoms with E-state index in [1.807, 2.05) is 0 Å². The molecule has 1 aliphatic rings. The Morgan fingerprint density at radius 2 is 1.68 bits per heavy atom. The van der Waals surface area contributed by atoms with Crippen LogP contribution < -0.4 is 10.0 Å². The molecule has 1 fully saturated rings. The number of aliphatic hydroxyl groups excluding tert-OH is 1. The van der Waals surface area contributed by atoms with Gasteiger partial charge in [-0.2, -0.15) is 4.72 Å². The van der Waals surface area contributed by atoms with Crippen molar-refractivity contribution in [1.29, 1.82) is 0 Å². The molecule has 1 amide bonds. The lowest BCUT2D eigenvalue weighted by atomic mass is 9.83. The molecule has 0 aromatic heterocycles. The van der Waals surface area contributed by atoms with Crippen LogP contribution in [0.1, 0.15) is 52.9 Å². The maximum Gasteiger partial charge on any atom is 0.241 e. The summed E-state index contributed by atoms with van der Waals surface area (Å²) < 4.78 is 40.6. The van der Waals surface area contributed by atoms with Gasteiger partial charge in [0.05, 0.1) is 17.0 Å². The third kappa shape index (κ3) is 5.99. The minimum atomic E-state index is -3.98. The number of halogens is 1. The molecule has 158 valence electrons. The molecule has 8 heteroatoms. The second kappa shape index (κ2) is 9.80. The highest BCUT2D eigenvalue weighted by molar-refractivity contribution is 7.89. The van der Waals surface area contributed by atoms with E-state index in [1.165, 1.54) is 6.42 Å². The average Bonchev–Trinajstić information content (AvgIpc) is 2.66. The lowest BCUT2D eigenvalue weighted by Gasteiger charge is -2.32. The zero-order valence-corrected chi connectivity index (χ0v) is 17.5. The monoisotopic (exact) mass is 414 g/mol. The summed E-state index contributed by atoms with van der Waals surface area (Å²) in [6.45, 7) is 5.21. The van der Waals surface area contributed by atoms with Gasteiger partial charge < -0.3 is 10.4 Å². The lowest BCUT2D eigenvalue weighted by molar-refractivity contribution is -0.125. The summed E-state index contributed by atoms with van der Waals surface area (Å²) in [5.74, 6) is -1.18. The van der Waals surface area contributed by atoms with Crippen LogP contribution in [0.15, 0.2) is 29.2 Å². The van der Waals surface area contributed by atoms with E-state index in [0.29, 0.717) is 0 Å². The third-order valence-corrected chi connectivity index (χ3v) is 6.83. The molecule has 28 heavy (non-hydrogen) atoms. The van der Waals surface area contributed by atoms with E-state index in [1.54, 1.807) is 20.8 Å². The standard InChI is InChI=1S/C20H31FN2O4S/c1-13(2)18(23-28(26,27)17-11-9-16(21)10-12-17)20(25)22-14(3)19(24)15-7-5-4-6-8-15/h9-15,18-19,23-24H,4-8H2,1-3H3,(H,22,25)/t14-,18-,19?/m0/s1. The number of hydrogen-bond acceptors (Lipinski definition) is 4. The Labute approximate surface area is 167 Å². The highest BCUT2D eigenvalue weighted by Gasteiger charge is 2.32. The number of nitrogens with one attached hydrogen (secondary N) is 2. The summed E-state index contributed by atoms with van der Waals surface area (Å²) in [4.78, 5) is 12.6. The number of hydrogen-bond donors (Lipinski definition) is 3. The van der Waals surface area contributed by atoms with Crippen molar-refractivity contribution in [3.05, 3.63) is 30.1 Å². The number of rotatable bonds is 8. The first-order chi connectivity index (χ1) is 13.1. The summed E-state index contributed by atoms with van der Waals surface area (Å²) in [5.41, 5.74) is 0. The van der Waals surface area contributed by atoms with E-state index < -0.39 is 39.9 Å². The molecule has 1 aromatic rings. The SMILES string of the molecule is CC(C)[C@H](NS(=O)(=O)c1ccc(F)cc1)C(=O)N[C@@H](C)C(O)C1CCCCC1. The molecule has 3 atom stereocenters. The van der Waals surface area contributed by atoms with E-state index in [0.717, 1.165) is 49.9 Å². The molecule has 0 aliphatic heterocycles. The molecule has 1 aliphatic carbocycles. The Morgan fingerprint density at radius 1 is 1.11 bits per heavy atom. The van der Waals surface area contributed by atoms with E-state index in [2.05, 4.69) is 10.0 Å². The number of carbonyl (C=O) groups excluding carboxylic acids is 1. The van der Waals surface area contributed by atoms with Crippen LogP contribution in [0.4, 0.5) is 4.39 Å². The molecule has 1 unspecified atom stereocenters. The number of benzene rings is 1. The van der Waals surface area contributed by atoms with Crippen molar-refractivity contribution in [3.8, 4) is 0 Å². The van der Waals surface area contributed by atoms with Gasteiger partial charge in [0.2, 0.25) is 15.9 Å². The van der Waals surface area contributed by atoms with E-state index >= 15 is 0 Å². The molecular weight excluding hydrogens is 383 g/mol. The summed E-state index contributed by atoms with van der Waals surface area (Å²) in [5, 5.41) is 13.3. The van der Waals surface area contributed by atoms with Gasteiger partial charge in [-0.05, 0) is 55.9 Å². The fraction of sp³-hybridized carbons (Fsp3) is 0.650. The van der Waals surface area contributed by atoms with Gasteiger partial charge in [-0.25, -0.2) is 12.8 Å². The highest BCUT2D eigenvalue weighted by Crippen LogP contribution is 2.27. The Balaban J connectivity index is 2.05. The molecule has 0 heterocycles. The minimum Gasteiger partial charge on any atom is -0.391 e. The predicted molar refractivity (Wildman–Crippen MR) is 106 cm³/mol. The molecule has 0 spiro atoms. The Hall–Kier alpha value is -1.51. The van der Waals surface area contributed by atoms with Crippen LogP contribution in [0, 0.1) is 17.7 Å². The Kier molecular flexibility index (Phi) is 7.97. The Morgan fingerprint density at radius 3 is 2.21 bits per heavy atom. The van der Waals surface area contributed by atoms with Gasteiger partial charge in [0.15, 0.2) is 0 Å². The Bertz CT molecular complexity index is 746. The minimum absolute atomic E-state index is 0.109. The maximum absolute atomic E-state index is 13.1. The topological polar surface area (TPSA) is 95.5 Å². The van der Waals surface area contributed by atoms with Crippen molar-refractivity contribution in [2.75, 3.05) is 0 Å². The fourth-order valence-electron chi connectivity index (χ4n) is 3.62. The van der Waals surface area contributed by atoms with E-state index in [4.69, 9.17) is 0 Å². The summed E-state index contributed by atoms with van der Waals surface area (Å²) in [6.07, 6.45) is 4.54. The quantitative estimate of drug-likeness (QED) is 0.609. The normalized spacial score (nSPS) is 19.2. The number of amides is 1. The molecule has 2 rings (SSSR count). The van der Waals surface area contributed by atoms with Gasteiger partial charge >= 0.3 is 0 Å². The lowest BCUT2D eigenvalue weighted by Crippen LogP contribution is -2.54. The number of carbonyl (C=O) groups is 1. The van der Waals surface area contributed by atoms with E-state index in [9.17, 15) is 22.7 Å². The van der Waals surface area contributed by atoms with Gasteiger partial charge in [0, 0.05) is 0 Å². The molecule has 6 nitrogen and oxygen atoms in total. The molecular formula is C20H31FN2O4S. The van der Waals surface area contributed by atoms with Gasteiger partial charge in [0.25, 0.3) is 0 Å².